The number of fused-ring (bicyclic) bond motifs is 1. The highest BCUT2D eigenvalue weighted by atomic mass is 35.5. The Kier molecular flexibility index (Phi) is 5.87. The molecule has 8 nitrogen and oxygen atoms in total. The van der Waals surface area contributed by atoms with Crippen LogP contribution in [0.3, 0.4) is 0 Å². The molecule has 3 aromatic rings. The lowest BCUT2D eigenvalue weighted by atomic mass is 9.95. The van der Waals surface area contributed by atoms with Crippen molar-refractivity contribution in [2.24, 2.45) is 0 Å². The Morgan fingerprint density at radius 2 is 1.87 bits per heavy atom. The van der Waals surface area contributed by atoms with Gasteiger partial charge in [0, 0.05) is 37.7 Å². The van der Waals surface area contributed by atoms with E-state index in [0.717, 1.165) is 68.5 Å². The Morgan fingerprint density at radius 1 is 1.10 bits per heavy atom. The van der Waals surface area contributed by atoms with Crippen molar-refractivity contribution in [3.63, 3.8) is 0 Å². The van der Waals surface area contributed by atoms with Gasteiger partial charge in [0.1, 0.15) is 17.3 Å². The molecule has 0 radical (unpaired) electrons. The number of carbonyl (C=O) groups is 1. The Bertz CT molecular complexity index is 1020. The number of aromatic amines is 1. The maximum atomic E-state index is 12.9. The lowest BCUT2D eigenvalue weighted by molar-refractivity contribution is 0.0704. The molecule has 0 bridgehead atoms. The van der Waals surface area contributed by atoms with Crippen LogP contribution in [0, 0.1) is 6.92 Å². The fourth-order valence-corrected chi connectivity index (χ4v) is 4.23. The third kappa shape index (κ3) is 3.85. The number of nitrogens with zero attached hydrogens (tertiary/aromatic N) is 5. The molecule has 0 saturated carbocycles. The molecule has 158 valence electrons. The van der Waals surface area contributed by atoms with Gasteiger partial charge in [-0.15, -0.1) is 22.6 Å². The van der Waals surface area contributed by atoms with Crippen LogP contribution >= 0.6 is 12.4 Å². The van der Waals surface area contributed by atoms with Crippen molar-refractivity contribution < 1.29 is 4.79 Å². The number of carbonyl (C=O) groups excluding carboxylic acids is 1. The molecule has 1 amide bonds. The lowest BCUT2D eigenvalue weighted by Crippen LogP contribution is -2.39. The molecule has 0 atom stereocenters. The summed E-state index contributed by atoms with van der Waals surface area (Å²) in [5, 5.41) is 19.4. The number of aromatic nitrogens is 5. The number of aryl methyl sites for hydroxylation is 1. The molecule has 2 aliphatic heterocycles. The van der Waals surface area contributed by atoms with Gasteiger partial charge >= 0.3 is 0 Å². The smallest absolute Gasteiger partial charge is 0.271 e. The SMILES string of the molecule is Cc1ccc(-c2cc(C(=O)N3CCC(c4nnc5n4CCNC5)CC3)[nH]n2)cc1.Cl. The van der Waals surface area contributed by atoms with Crippen molar-refractivity contribution in [2.75, 3.05) is 19.6 Å². The molecule has 1 fully saturated rings. The van der Waals surface area contributed by atoms with Gasteiger partial charge in [-0.25, -0.2) is 0 Å². The van der Waals surface area contributed by atoms with Crippen molar-refractivity contribution in [3.05, 3.63) is 53.2 Å². The van der Waals surface area contributed by atoms with Gasteiger partial charge in [-0.2, -0.15) is 5.10 Å². The first-order chi connectivity index (χ1) is 14.2. The average molecular weight is 428 g/mol. The van der Waals surface area contributed by atoms with Crippen LogP contribution in [0.25, 0.3) is 11.3 Å². The fraction of sp³-hybridized carbons (Fsp3) is 0.429. The van der Waals surface area contributed by atoms with Crippen molar-refractivity contribution in [3.8, 4) is 11.3 Å². The molecule has 5 rings (SSSR count). The molecule has 0 unspecified atom stereocenters. The topological polar surface area (TPSA) is 91.7 Å². The average Bonchev–Trinajstić information content (AvgIpc) is 3.42. The Balaban J connectivity index is 0.00000218. The van der Waals surface area contributed by atoms with E-state index in [1.165, 1.54) is 5.56 Å². The quantitative estimate of drug-likeness (QED) is 0.670. The summed E-state index contributed by atoms with van der Waals surface area (Å²) in [5.74, 6) is 2.48. The number of hydrogen-bond donors (Lipinski definition) is 2. The number of piperidine rings is 1. The summed E-state index contributed by atoms with van der Waals surface area (Å²) in [6.07, 6.45) is 1.83. The molecule has 1 aromatic carbocycles. The summed E-state index contributed by atoms with van der Waals surface area (Å²) in [6.45, 7) is 6.17. The minimum atomic E-state index is 0. The van der Waals surface area contributed by atoms with E-state index in [1.54, 1.807) is 0 Å². The van der Waals surface area contributed by atoms with Gasteiger partial charge < -0.3 is 14.8 Å². The Morgan fingerprint density at radius 3 is 2.63 bits per heavy atom. The van der Waals surface area contributed by atoms with Crippen molar-refractivity contribution >= 4 is 18.3 Å². The van der Waals surface area contributed by atoms with Crippen LogP contribution in [0.1, 0.15) is 46.5 Å². The number of nitrogens with one attached hydrogen (secondary N) is 2. The standard InChI is InChI=1S/C21H25N7O.ClH/c1-14-2-4-15(5-3-14)17-12-18(24-23-17)21(29)27-9-6-16(7-10-27)20-26-25-19-13-22-8-11-28(19)20;/h2-5,12,16,22H,6-11,13H2,1H3,(H,23,24);1H. The van der Waals surface area contributed by atoms with Gasteiger partial charge in [0.25, 0.3) is 5.91 Å². The molecular formula is C21H26ClN7O. The molecule has 0 aliphatic carbocycles. The van der Waals surface area contributed by atoms with Crippen molar-refractivity contribution in [1.82, 2.24) is 35.2 Å². The van der Waals surface area contributed by atoms with Crippen LogP contribution in [0.15, 0.2) is 30.3 Å². The van der Waals surface area contributed by atoms with Gasteiger partial charge in [-0.1, -0.05) is 29.8 Å². The van der Waals surface area contributed by atoms with Gasteiger partial charge in [-0.05, 0) is 25.8 Å². The predicted octanol–water partition coefficient (Wildman–Crippen LogP) is 2.52. The number of rotatable bonds is 3. The summed E-state index contributed by atoms with van der Waals surface area (Å²) in [6, 6.07) is 10.0. The van der Waals surface area contributed by atoms with Crippen molar-refractivity contribution in [1.29, 1.82) is 0 Å². The highest BCUT2D eigenvalue weighted by Crippen LogP contribution is 2.29. The van der Waals surface area contributed by atoms with E-state index in [0.29, 0.717) is 11.6 Å². The van der Waals surface area contributed by atoms with Gasteiger partial charge in [-0.3, -0.25) is 9.89 Å². The monoisotopic (exact) mass is 427 g/mol. The Hall–Kier alpha value is -2.71. The van der Waals surface area contributed by atoms with E-state index in [4.69, 9.17) is 0 Å². The number of halogens is 1. The molecule has 2 aromatic heterocycles. The number of amides is 1. The number of H-pyrrole nitrogens is 1. The molecule has 30 heavy (non-hydrogen) atoms. The number of likely N-dealkylation sites (tertiary alicyclic amines) is 1. The molecule has 4 heterocycles. The zero-order valence-corrected chi connectivity index (χ0v) is 17.8. The van der Waals surface area contributed by atoms with Crippen LogP contribution in [0.5, 0.6) is 0 Å². The zero-order chi connectivity index (χ0) is 19.8. The first-order valence-electron chi connectivity index (χ1n) is 10.2. The second-order valence-electron chi connectivity index (χ2n) is 7.90. The highest BCUT2D eigenvalue weighted by Gasteiger charge is 2.29. The third-order valence-corrected chi connectivity index (χ3v) is 5.95. The second kappa shape index (κ2) is 8.57. The number of hydrogen-bond acceptors (Lipinski definition) is 5. The van der Waals surface area contributed by atoms with Crippen LogP contribution in [-0.4, -0.2) is 55.4 Å². The third-order valence-electron chi connectivity index (χ3n) is 5.95. The van der Waals surface area contributed by atoms with Crippen LogP contribution in [-0.2, 0) is 13.1 Å². The Labute approximate surface area is 181 Å². The normalized spacial score (nSPS) is 16.8. The summed E-state index contributed by atoms with van der Waals surface area (Å²) in [7, 11) is 0. The summed E-state index contributed by atoms with van der Waals surface area (Å²) in [5.41, 5.74) is 3.56. The summed E-state index contributed by atoms with van der Waals surface area (Å²) >= 11 is 0. The van der Waals surface area contributed by atoms with E-state index in [-0.39, 0.29) is 18.3 Å². The largest absolute Gasteiger partial charge is 0.337 e. The minimum absolute atomic E-state index is 0. The first-order valence-corrected chi connectivity index (χ1v) is 10.2. The molecule has 2 N–H and O–H groups in total. The number of benzene rings is 1. The minimum Gasteiger partial charge on any atom is -0.337 e. The maximum absolute atomic E-state index is 12.9. The van der Waals surface area contributed by atoms with Gasteiger partial charge in [0.2, 0.25) is 0 Å². The molecule has 1 saturated heterocycles. The van der Waals surface area contributed by atoms with Gasteiger partial charge in [0.05, 0.1) is 12.2 Å². The summed E-state index contributed by atoms with van der Waals surface area (Å²) in [4.78, 5) is 14.9. The second-order valence-corrected chi connectivity index (χ2v) is 7.90. The van der Waals surface area contributed by atoms with E-state index in [9.17, 15) is 4.79 Å². The van der Waals surface area contributed by atoms with Crippen molar-refractivity contribution in [2.45, 2.75) is 38.8 Å². The molecule has 0 spiro atoms. The van der Waals surface area contributed by atoms with Crippen LogP contribution in [0.4, 0.5) is 0 Å². The molecule has 2 aliphatic rings. The van der Waals surface area contributed by atoms with E-state index < -0.39 is 0 Å². The van der Waals surface area contributed by atoms with Crippen LogP contribution < -0.4 is 5.32 Å². The molecule has 9 heteroatoms. The lowest BCUT2D eigenvalue weighted by Gasteiger charge is -2.31. The predicted molar refractivity (Wildman–Crippen MR) is 116 cm³/mol. The van der Waals surface area contributed by atoms with E-state index >= 15 is 0 Å². The van der Waals surface area contributed by atoms with E-state index in [1.807, 2.05) is 23.1 Å². The highest BCUT2D eigenvalue weighted by molar-refractivity contribution is 5.93. The van der Waals surface area contributed by atoms with E-state index in [2.05, 4.69) is 49.3 Å². The van der Waals surface area contributed by atoms with Gasteiger partial charge in [0.15, 0.2) is 0 Å². The fourth-order valence-electron chi connectivity index (χ4n) is 4.23. The van der Waals surface area contributed by atoms with Crippen LogP contribution in [0.2, 0.25) is 0 Å². The maximum Gasteiger partial charge on any atom is 0.271 e. The zero-order valence-electron chi connectivity index (χ0n) is 17.0. The first kappa shape index (κ1) is 20.6. The molecular weight excluding hydrogens is 402 g/mol. The summed E-state index contributed by atoms with van der Waals surface area (Å²) < 4.78 is 2.25.